The molecule has 78 valence electrons. The van der Waals surface area contributed by atoms with E-state index < -0.39 is 6.10 Å². The third kappa shape index (κ3) is 7.96. The molecule has 3 nitrogen and oxygen atoms in total. The van der Waals surface area contributed by atoms with E-state index in [1.165, 1.54) is 0 Å². The standard InChI is InChI=1S/C10H21NO2/c1-2-3-4-5-9(11)8-10(13)6-7-12/h2-3,9-10,12-13H,4-8,11H2,1H3/b3-2+/t9-,10-/m0/s1. The molecule has 0 radical (unpaired) electrons. The van der Waals surface area contributed by atoms with Gasteiger partial charge in [0.2, 0.25) is 0 Å². The van der Waals surface area contributed by atoms with Crippen molar-refractivity contribution < 1.29 is 10.2 Å². The summed E-state index contributed by atoms with van der Waals surface area (Å²) in [4.78, 5) is 0. The Labute approximate surface area is 80.3 Å². The van der Waals surface area contributed by atoms with Crippen LogP contribution in [0.3, 0.4) is 0 Å². The van der Waals surface area contributed by atoms with Crippen molar-refractivity contribution in [1.29, 1.82) is 0 Å². The lowest BCUT2D eigenvalue weighted by molar-refractivity contribution is 0.117. The Kier molecular flexibility index (Phi) is 7.99. The van der Waals surface area contributed by atoms with Gasteiger partial charge in [-0.2, -0.15) is 0 Å². The molecule has 0 rings (SSSR count). The van der Waals surface area contributed by atoms with Crippen LogP contribution in [-0.2, 0) is 0 Å². The largest absolute Gasteiger partial charge is 0.396 e. The molecule has 0 spiro atoms. The highest BCUT2D eigenvalue weighted by Gasteiger charge is 2.08. The highest BCUT2D eigenvalue weighted by atomic mass is 16.3. The number of allylic oxidation sites excluding steroid dienone is 2. The Morgan fingerprint density at radius 2 is 2.08 bits per heavy atom. The van der Waals surface area contributed by atoms with E-state index in [1.807, 2.05) is 13.0 Å². The predicted octanol–water partition coefficient (Wildman–Crippen LogP) is 0.803. The average molecular weight is 187 g/mol. The molecule has 0 aliphatic rings. The fraction of sp³-hybridized carbons (Fsp3) is 0.800. The molecule has 2 atom stereocenters. The van der Waals surface area contributed by atoms with Crippen LogP contribution in [0.15, 0.2) is 12.2 Å². The first-order valence-electron chi connectivity index (χ1n) is 4.86. The summed E-state index contributed by atoms with van der Waals surface area (Å²) in [5.74, 6) is 0. The molecule has 0 fully saturated rings. The third-order valence-corrected chi connectivity index (χ3v) is 1.98. The zero-order chi connectivity index (χ0) is 10.1. The first-order valence-corrected chi connectivity index (χ1v) is 4.86. The van der Waals surface area contributed by atoms with Crippen LogP contribution in [0, 0.1) is 0 Å². The van der Waals surface area contributed by atoms with Gasteiger partial charge in [0.25, 0.3) is 0 Å². The first kappa shape index (κ1) is 12.6. The van der Waals surface area contributed by atoms with Crippen LogP contribution in [0.5, 0.6) is 0 Å². The van der Waals surface area contributed by atoms with E-state index in [0.717, 1.165) is 12.8 Å². The van der Waals surface area contributed by atoms with Crippen molar-refractivity contribution in [3.05, 3.63) is 12.2 Å². The maximum atomic E-state index is 9.32. The molecule has 13 heavy (non-hydrogen) atoms. The zero-order valence-electron chi connectivity index (χ0n) is 8.32. The summed E-state index contributed by atoms with van der Waals surface area (Å²) >= 11 is 0. The Hall–Kier alpha value is -0.380. The van der Waals surface area contributed by atoms with Crippen molar-refractivity contribution >= 4 is 0 Å². The molecule has 0 saturated carbocycles. The number of hydrogen-bond acceptors (Lipinski definition) is 3. The van der Waals surface area contributed by atoms with E-state index >= 15 is 0 Å². The molecule has 3 heteroatoms. The Morgan fingerprint density at radius 3 is 2.62 bits per heavy atom. The molecule has 0 aliphatic carbocycles. The summed E-state index contributed by atoms with van der Waals surface area (Å²) < 4.78 is 0. The first-order chi connectivity index (χ1) is 6.20. The van der Waals surface area contributed by atoms with Crippen LogP contribution in [0.25, 0.3) is 0 Å². The lowest BCUT2D eigenvalue weighted by Gasteiger charge is -2.14. The molecular formula is C10H21NO2. The summed E-state index contributed by atoms with van der Waals surface area (Å²) in [5, 5.41) is 17.9. The van der Waals surface area contributed by atoms with Gasteiger partial charge in [-0.1, -0.05) is 12.2 Å². The van der Waals surface area contributed by atoms with E-state index in [2.05, 4.69) is 6.08 Å². The topological polar surface area (TPSA) is 66.5 Å². The van der Waals surface area contributed by atoms with E-state index in [0.29, 0.717) is 12.8 Å². The van der Waals surface area contributed by atoms with Gasteiger partial charge in [-0.3, -0.25) is 0 Å². The van der Waals surface area contributed by atoms with Crippen molar-refractivity contribution in [3.8, 4) is 0 Å². The van der Waals surface area contributed by atoms with Gasteiger partial charge in [0, 0.05) is 12.6 Å². The normalized spacial score (nSPS) is 16.3. The van der Waals surface area contributed by atoms with Crippen LogP contribution < -0.4 is 5.73 Å². The van der Waals surface area contributed by atoms with Crippen LogP contribution in [-0.4, -0.2) is 29.0 Å². The average Bonchev–Trinajstić information content (AvgIpc) is 2.05. The summed E-state index contributed by atoms with van der Waals surface area (Å²) in [5.41, 5.74) is 5.77. The molecule has 0 aromatic heterocycles. The van der Waals surface area contributed by atoms with E-state index in [4.69, 9.17) is 10.8 Å². The maximum Gasteiger partial charge on any atom is 0.0576 e. The summed E-state index contributed by atoms with van der Waals surface area (Å²) in [7, 11) is 0. The Morgan fingerprint density at radius 1 is 1.38 bits per heavy atom. The molecular weight excluding hydrogens is 166 g/mol. The predicted molar refractivity (Wildman–Crippen MR) is 54.4 cm³/mol. The van der Waals surface area contributed by atoms with Crippen molar-refractivity contribution in [2.24, 2.45) is 5.73 Å². The van der Waals surface area contributed by atoms with Crippen LogP contribution >= 0.6 is 0 Å². The van der Waals surface area contributed by atoms with Crippen LogP contribution in [0.4, 0.5) is 0 Å². The van der Waals surface area contributed by atoms with Gasteiger partial charge in [-0.25, -0.2) is 0 Å². The van der Waals surface area contributed by atoms with E-state index in [9.17, 15) is 5.11 Å². The van der Waals surface area contributed by atoms with Gasteiger partial charge < -0.3 is 15.9 Å². The van der Waals surface area contributed by atoms with E-state index in [1.54, 1.807) is 0 Å². The fourth-order valence-electron chi connectivity index (χ4n) is 1.21. The van der Waals surface area contributed by atoms with Crippen LogP contribution in [0.2, 0.25) is 0 Å². The molecule has 0 aromatic carbocycles. The Balaban J connectivity index is 3.43. The molecule has 0 bridgehead atoms. The highest BCUT2D eigenvalue weighted by Crippen LogP contribution is 2.05. The quantitative estimate of drug-likeness (QED) is 0.516. The van der Waals surface area contributed by atoms with Crippen molar-refractivity contribution in [2.45, 2.75) is 44.8 Å². The second-order valence-electron chi connectivity index (χ2n) is 3.31. The second-order valence-corrected chi connectivity index (χ2v) is 3.31. The second kappa shape index (κ2) is 8.23. The molecule has 0 aromatic rings. The van der Waals surface area contributed by atoms with Gasteiger partial charge in [-0.05, 0) is 32.6 Å². The SMILES string of the molecule is C/C=C/CC[C@H](N)C[C@@H](O)CCO. The molecule has 0 aliphatic heterocycles. The molecule has 0 heterocycles. The smallest absolute Gasteiger partial charge is 0.0576 e. The number of nitrogens with two attached hydrogens (primary N) is 1. The van der Waals surface area contributed by atoms with Gasteiger partial charge in [0.1, 0.15) is 0 Å². The fourth-order valence-corrected chi connectivity index (χ4v) is 1.21. The van der Waals surface area contributed by atoms with Crippen LogP contribution in [0.1, 0.15) is 32.6 Å². The number of aliphatic hydroxyl groups excluding tert-OH is 2. The summed E-state index contributed by atoms with van der Waals surface area (Å²) in [6.45, 7) is 2.01. The molecule has 0 unspecified atom stereocenters. The van der Waals surface area contributed by atoms with Gasteiger partial charge >= 0.3 is 0 Å². The van der Waals surface area contributed by atoms with E-state index in [-0.39, 0.29) is 12.6 Å². The number of hydrogen-bond donors (Lipinski definition) is 3. The van der Waals surface area contributed by atoms with Gasteiger partial charge in [0.05, 0.1) is 6.10 Å². The minimum atomic E-state index is -0.453. The maximum absolute atomic E-state index is 9.32. The Bertz CT molecular complexity index is 137. The third-order valence-electron chi connectivity index (χ3n) is 1.98. The summed E-state index contributed by atoms with van der Waals surface area (Å²) in [6, 6.07) is 0.0396. The minimum absolute atomic E-state index is 0.0305. The molecule has 4 N–H and O–H groups in total. The number of rotatable bonds is 7. The number of aliphatic hydroxyl groups is 2. The summed E-state index contributed by atoms with van der Waals surface area (Å²) in [6.07, 6.45) is 6.48. The zero-order valence-corrected chi connectivity index (χ0v) is 8.32. The van der Waals surface area contributed by atoms with Gasteiger partial charge in [0.15, 0.2) is 0 Å². The lowest BCUT2D eigenvalue weighted by atomic mass is 10.0. The lowest BCUT2D eigenvalue weighted by Crippen LogP contribution is -2.26. The van der Waals surface area contributed by atoms with Crippen molar-refractivity contribution in [1.82, 2.24) is 0 Å². The molecule has 0 saturated heterocycles. The van der Waals surface area contributed by atoms with Crippen molar-refractivity contribution in [2.75, 3.05) is 6.61 Å². The van der Waals surface area contributed by atoms with Crippen molar-refractivity contribution in [3.63, 3.8) is 0 Å². The van der Waals surface area contributed by atoms with Gasteiger partial charge in [-0.15, -0.1) is 0 Å². The molecule has 0 amide bonds. The monoisotopic (exact) mass is 187 g/mol. The highest BCUT2D eigenvalue weighted by molar-refractivity contribution is 4.79. The minimum Gasteiger partial charge on any atom is -0.396 e.